The number of thiazole rings is 1. The predicted octanol–water partition coefficient (Wildman–Crippen LogP) is 5.42. The van der Waals surface area contributed by atoms with Gasteiger partial charge in [0.2, 0.25) is 0 Å². The average molecular weight is 432 g/mol. The molecule has 7 heteroatoms. The van der Waals surface area contributed by atoms with Crippen LogP contribution in [-0.2, 0) is 11.3 Å². The largest absolute Gasteiger partial charge is 0.383 e. The molecule has 1 N–H and O–H groups in total. The monoisotopic (exact) mass is 431 g/mol. The van der Waals surface area contributed by atoms with Gasteiger partial charge in [-0.3, -0.25) is 4.79 Å². The topological polar surface area (TPSA) is 56.2 Å². The molecule has 154 valence electrons. The van der Waals surface area contributed by atoms with E-state index in [2.05, 4.69) is 16.8 Å². The van der Waals surface area contributed by atoms with Gasteiger partial charge >= 0.3 is 0 Å². The van der Waals surface area contributed by atoms with E-state index in [1.54, 1.807) is 18.4 Å². The second-order valence-electron chi connectivity index (χ2n) is 6.80. The molecule has 0 aliphatic rings. The minimum atomic E-state index is -0.0856. The van der Waals surface area contributed by atoms with Crippen molar-refractivity contribution in [2.75, 3.05) is 20.3 Å². The number of carbonyl (C=O) groups excluding carboxylic acids is 1. The zero-order valence-electron chi connectivity index (χ0n) is 17.0. The molecule has 0 bridgehead atoms. The minimum absolute atomic E-state index is 0.0856. The number of benzene rings is 1. The molecule has 5 nitrogen and oxygen atoms in total. The molecule has 0 fully saturated rings. The van der Waals surface area contributed by atoms with Crippen LogP contribution < -0.4 is 5.32 Å². The van der Waals surface area contributed by atoms with Crippen molar-refractivity contribution in [2.24, 2.45) is 0 Å². The van der Waals surface area contributed by atoms with Crippen LogP contribution in [0, 0.1) is 6.92 Å². The summed E-state index contributed by atoms with van der Waals surface area (Å²) in [5, 5.41) is 6.50. The van der Waals surface area contributed by atoms with E-state index >= 15 is 0 Å². The van der Waals surface area contributed by atoms with E-state index < -0.39 is 0 Å². The Morgan fingerprint density at radius 2 is 2.14 bits per heavy atom. The lowest BCUT2D eigenvalue weighted by molar-refractivity contribution is 0.0936. The maximum atomic E-state index is 12.7. The molecule has 0 saturated carbocycles. The second kappa shape index (κ2) is 10.1. The van der Waals surface area contributed by atoms with Crippen LogP contribution >= 0.6 is 22.9 Å². The fraction of sp³-hybridized carbons (Fsp3) is 0.364. The normalized spacial score (nSPS) is 11.0. The number of nitrogens with zero attached hydrogens (tertiary/aromatic N) is 2. The zero-order valence-corrected chi connectivity index (χ0v) is 18.6. The van der Waals surface area contributed by atoms with Gasteiger partial charge in [-0.1, -0.05) is 43.1 Å². The number of unbranched alkanes of at least 4 members (excludes halogenated alkanes) is 1. The Kier molecular flexibility index (Phi) is 7.47. The van der Waals surface area contributed by atoms with Gasteiger partial charge in [0, 0.05) is 36.8 Å². The van der Waals surface area contributed by atoms with Crippen LogP contribution in [0.15, 0.2) is 35.7 Å². The van der Waals surface area contributed by atoms with E-state index in [9.17, 15) is 4.79 Å². The van der Waals surface area contributed by atoms with Gasteiger partial charge in [0.25, 0.3) is 5.91 Å². The molecule has 2 aromatic heterocycles. The fourth-order valence-corrected chi connectivity index (χ4v) is 4.34. The Bertz CT molecular complexity index is 980. The van der Waals surface area contributed by atoms with E-state index in [0.29, 0.717) is 23.7 Å². The van der Waals surface area contributed by atoms with Crippen LogP contribution in [0.5, 0.6) is 0 Å². The molecule has 0 atom stereocenters. The van der Waals surface area contributed by atoms with Crippen molar-refractivity contribution in [1.29, 1.82) is 0 Å². The van der Waals surface area contributed by atoms with E-state index in [-0.39, 0.29) is 5.91 Å². The lowest BCUT2D eigenvalue weighted by atomic mass is 10.2. The second-order valence-corrected chi connectivity index (χ2v) is 8.07. The quantitative estimate of drug-likeness (QED) is 0.460. The molecule has 1 amide bonds. The summed E-state index contributed by atoms with van der Waals surface area (Å²) in [6.07, 6.45) is 2.11. The number of hydrogen-bond acceptors (Lipinski definition) is 4. The molecular weight excluding hydrogens is 406 g/mol. The van der Waals surface area contributed by atoms with Crippen molar-refractivity contribution < 1.29 is 9.53 Å². The molecule has 3 rings (SSSR count). The highest BCUT2D eigenvalue weighted by Crippen LogP contribution is 2.34. The number of halogens is 1. The maximum Gasteiger partial charge on any atom is 0.253 e. The number of hydrogen-bond donors (Lipinski definition) is 1. The van der Waals surface area contributed by atoms with Gasteiger partial charge in [0.05, 0.1) is 28.6 Å². The number of carbonyl (C=O) groups is 1. The molecule has 0 saturated heterocycles. The molecule has 29 heavy (non-hydrogen) atoms. The van der Waals surface area contributed by atoms with Crippen LogP contribution in [0.1, 0.15) is 35.8 Å². The third-order valence-electron chi connectivity index (χ3n) is 4.81. The van der Waals surface area contributed by atoms with Crippen LogP contribution in [0.4, 0.5) is 0 Å². The number of aromatic nitrogens is 2. The number of amides is 1. The Morgan fingerprint density at radius 1 is 1.34 bits per heavy atom. The molecule has 0 unspecified atom stereocenters. The van der Waals surface area contributed by atoms with Crippen molar-refractivity contribution in [3.8, 4) is 22.0 Å². The van der Waals surface area contributed by atoms with Gasteiger partial charge in [0.15, 0.2) is 0 Å². The molecule has 3 aromatic rings. The lowest BCUT2D eigenvalue weighted by Crippen LogP contribution is -2.27. The number of rotatable bonds is 9. The van der Waals surface area contributed by atoms with Crippen LogP contribution in [0.3, 0.4) is 0 Å². The van der Waals surface area contributed by atoms with Gasteiger partial charge in [-0.15, -0.1) is 11.3 Å². The van der Waals surface area contributed by atoms with Crippen molar-refractivity contribution in [1.82, 2.24) is 14.9 Å². The van der Waals surface area contributed by atoms with Gasteiger partial charge < -0.3 is 14.6 Å². The van der Waals surface area contributed by atoms with Crippen molar-refractivity contribution in [3.05, 3.63) is 52.0 Å². The zero-order chi connectivity index (χ0) is 20.8. The van der Waals surface area contributed by atoms with Crippen LogP contribution in [0.25, 0.3) is 22.0 Å². The summed E-state index contributed by atoms with van der Waals surface area (Å²) < 4.78 is 7.22. The smallest absolute Gasteiger partial charge is 0.253 e. The Hall–Kier alpha value is -2.15. The van der Waals surface area contributed by atoms with Gasteiger partial charge in [0.1, 0.15) is 5.01 Å². The Morgan fingerprint density at radius 3 is 2.86 bits per heavy atom. The first-order valence-corrected chi connectivity index (χ1v) is 11.0. The minimum Gasteiger partial charge on any atom is -0.383 e. The standard InChI is InChI=1S/C22H26ClN3O2S/c1-4-5-11-26-15(2)17(21(27)24-10-12-28-3)13-20(26)19-14-29-22(25-19)16-8-6-7-9-18(16)23/h6-9,13-14H,4-5,10-12H2,1-3H3,(H,24,27). The Balaban J connectivity index is 1.96. The van der Waals surface area contributed by atoms with Gasteiger partial charge in [-0.25, -0.2) is 4.98 Å². The van der Waals surface area contributed by atoms with Gasteiger partial charge in [-0.05, 0) is 25.5 Å². The summed E-state index contributed by atoms with van der Waals surface area (Å²) in [5.41, 5.74) is 4.38. The fourth-order valence-electron chi connectivity index (χ4n) is 3.20. The average Bonchev–Trinajstić information content (AvgIpc) is 3.32. The number of nitrogens with one attached hydrogen (secondary N) is 1. The molecule has 1 aromatic carbocycles. The van der Waals surface area contributed by atoms with E-state index in [4.69, 9.17) is 21.3 Å². The van der Waals surface area contributed by atoms with Crippen LogP contribution in [0.2, 0.25) is 5.02 Å². The highest BCUT2D eigenvalue weighted by atomic mass is 35.5. The summed E-state index contributed by atoms with van der Waals surface area (Å²) >= 11 is 7.90. The summed E-state index contributed by atoms with van der Waals surface area (Å²) in [4.78, 5) is 17.5. The first kappa shape index (κ1) is 21.6. The summed E-state index contributed by atoms with van der Waals surface area (Å²) in [7, 11) is 1.62. The molecule has 0 aliphatic heterocycles. The first-order chi connectivity index (χ1) is 14.1. The summed E-state index contributed by atoms with van der Waals surface area (Å²) in [6.45, 7) is 5.97. The van der Waals surface area contributed by atoms with Crippen molar-refractivity contribution in [3.63, 3.8) is 0 Å². The highest BCUT2D eigenvalue weighted by Gasteiger charge is 2.20. The highest BCUT2D eigenvalue weighted by molar-refractivity contribution is 7.13. The first-order valence-electron chi connectivity index (χ1n) is 9.74. The van der Waals surface area contributed by atoms with Crippen molar-refractivity contribution >= 4 is 28.8 Å². The molecule has 0 aliphatic carbocycles. The maximum absolute atomic E-state index is 12.7. The molecular formula is C22H26ClN3O2S. The summed E-state index contributed by atoms with van der Waals surface area (Å²) in [5.74, 6) is -0.0856. The molecule has 0 radical (unpaired) electrons. The van der Waals surface area contributed by atoms with E-state index in [1.807, 2.05) is 42.6 Å². The third kappa shape index (κ3) is 4.89. The van der Waals surface area contributed by atoms with Gasteiger partial charge in [-0.2, -0.15) is 0 Å². The van der Waals surface area contributed by atoms with E-state index in [0.717, 1.165) is 47.0 Å². The Labute approximate surface area is 180 Å². The molecule has 0 spiro atoms. The SMILES string of the molecule is CCCCn1c(-c2csc(-c3ccccc3Cl)n2)cc(C(=O)NCCOC)c1C. The molecule has 2 heterocycles. The van der Waals surface area contributed by atoms with Crippen molar-refractivity contribution in [2.45, 2.75) is 33.2 Å². The predicted molar refractivity (Wildman–Crippen MR) is 120 cm³/mol. The third-order valence-corrected chi connectivity index (χ3v) is 6.01. The summed E-state index contributed by atoms with van der Waals surface area (Å²) in [6, 6.07) is 9.65. The van der Waals surface area contributed by atoms with E-state index in [1.165, 1.54) is 0 Å². The number of ether oxygens (including phenoxy) is 1. The lowest BCUT2D eigenvalue weighted by Gasteiger charge is -2.10. The van der Waals surface area contributed by atoms with Crippen LogP contribution in [-0.4, -0.2) is 35.7 Å². The number of methoxy groups -OCH3 is 1.